The number of hydrogen-bond donors (Lipinski definition) is 0. The van der Waals surface area contributed by atoms with Crippen molar-refractivity contribution in [2.45, 2.75) is 45.3 Å². The van der Waals surface area contributed by atoms with Crippen molar-refractivity contribution >= 4 is 23.7 Å². The fourth-order valence-electron chi connectivity index (χ4n) is 2.79. The Hall–Kier alpha value is -1.75. The largest absolute Gasteiger partial charge is 0.548 e. The van der Waals surface area contributed by atoms with E-state index in [4.69, 9.17) is 16.3 Å². The maximum Gasteiger partial charge on any atom is 0.410 e. The molecule has 0 aromatic heterocycles. The zero-order valence-electron chi connectivity index (χ0n) is 13.5. The van der Waals surface area contributed by atoms with E-state index < -0.39 is 23.7 Å². The molecule has 0 unspecified atom stereocenters. The Kier molecular flexibility index (Phi) is 5.19. The van der Waals surface area contributed by atoms with Gasteiger partial charge in [-0.3, -0.25) is 4.90 Å². The van der Waals surface area contributed by atoms with E-state index in [1.165, 1.54) is 4.90 Å². The minimum Gasteiger partial charge on any atom is -0.548 e. The maximum atomic E-state index is 12.2. The highest BCUT2D eigenvalue weighted by Crippen LogP contribution is 2.29. The molecule has 2 rings (SSSR count). The number of carboxylic acid groups (broad SMARTS) is 1. The zero-order valence-corrected chi connectivity index (χ0v) is 14.3. The van der Waals surface area contributed by atoms with Crippen molar-refractivity contribution < 1.29 is 19.4 Å². The van der Waals surface area contributed by atoms with Crippen molar-refractivity contribution in [2.75, 3.05) is 6.54 Å². The summed E-state index contributed by atoms with van der Waals surface area (Å²) in [7, 11) is 0. The third kappa shape index (κ3) is 4.61. The van der Waals surface area contributed by atoms with Crippen LogP contribution in [0.2, 0.25) is 5.02 Å². The molecule has 1 saturated heterocycles. The Balaban J connectivity index is 2.10. The second-order valence-electron chi connectivity index (χ2n) is 6.86. The van der Waals surface area contributed by atoms with Gasteiger partial charge >= 0.3 is 6.09 Å². The zero-order chi connectivity index (χ0) is 17.2. The van der Waals surface area contributed by atoms with Crippen LogP contribution in [0.15, 0.2) is 24.3 Å². The second-order valence-corrected chi connectivity index (χ2v) is 7.27. The van der Waals surface area contributed by atoms with Gasteiger partial charge in [0, 0.05) is 11.6 Å². The maximum absolute atomic E-state index is 12.2. The number of halogens is 1. The van der Waals surface area contributed by atoms with Gasteiger partial charge in [0.25, 0.3) is 0 Å². The van der Waals surface area contributed by atoms with Crippen molar-refractivity contribution in [2.24, 2.45) is 5.92 Å². The van der Waals surface area contributed by atoms with E-state index in [2.05, 4.69) is 0 Å². The summed E-state index contributed by atoms with van der Waals surface area (Å²) in [5, 5.41) is 12.0. The molecule has 6 heteroatoms. The van der Waals surface area contributed by atoms with Crippen LogP contribution in [-0.2, 0) is 16.0 Å². The Morgan fingerprint density at radius 2 is 2.00 bits per heavy atom. The van der Waals surface area contributed by atoms with Gasteiger partial charge < -0.3 is 14.6 Å². The first-order valence-electron chi connectivity index (χ1n) is 7.61. The summed E-state index contributed by atoms with van der Waals surface area (Å²) >= 11 is 6.15. The summed E-state index contributed by atoms with van der Waals surface area (Å²) in [5.74, 6) is -1.25. The molecule has 0 spiro atoms. The van der Waals surface area contributed by atoms with Crippen LogP contribution in [0.1, 0.15) is 32.8 Å². The lowest BCUT2D eigenvalue weighted by atomic mass is 9.97. The second kappa shape index (κ2) is 6.79. The molecule has 126 valence electrons. The highest BCUT2D eigenvalue weighted by Gasteiger charge is 2.38. The number of nitrogens with zero attached hydrogens (tertiary/aromatic N) is 1. The van der Waals surface area contributed by atoms with Gasteiger partial charge in [-0.05, 0) is 51.2 Å². The van der Waals surface area contributed by atoms with Gasteiger partial charge in [0.05, 0.1) is 12.0 Å². The van der Waals surface area contributed by atoms with Gasteiger partial charge in [0.2, 0.25) is 0 Å². The summed E-state index contributed by atoms with van der Waals surface area (Å²) in [6, 6.07) is 6.48. The number of aliphatic carboxylic acids is 1. The fourth-order valence-corrected chi connectivity index (χ4v) is 3.00. The fraction of sp³-hybridized carbons (Fsp3) is 0.529. The lowest BCUT2D eigenvalue weighted by Crippen LogP contribution is -2.48. The van der Waals surface area contributed by atoms with Gasteiger partial charge in [-0.15, -0.1) is 0 Å². The smallest absolute Gasteiger partial charge is 0.410 e. The van der Waals surface area contributed by atoms with Crippen LogP contribution in [0.5, 0.6) is 0 Å². The molecule has 1 aromatic carbocycles. The molecule has 1 fully saturated rings. The van der Waals surface area contributed by atoms with Crippen LogP contribution in [0, 0.1) is 5.92 Å². The SMILES string of the molecule is CC(C)(C)OC(=O)N1C[C@H](Cc2ccccc2Cl)C[C@H]1C(=O)[O-]. The molecule has 1 aliphatic heterocycles. The van der Waals surface area contributed by atoms with Crippen molar-refractivity contribution in [3.05, 3.63) is 34.9 Å². The Morgan fingerprint density at radius 3 is 2.57 bits per heavy atom. The molecule has 1 aromatic rings. The number of benzene rings is 1. The number of carbonyl (C=O) groups is 2. The third-order valence-corrected chi connectivity index (χ3v) is 4.12. The Morgan fingerprint density at radius 1 is 1.35 bits per heavy atom. The minimum absolute atomic E-state index is 0.00492. The molecule has 0 bridgehead atoms. The average Bonchev–Trinajstić information content (AvgIpc) is 2.84. The Labute approximate surface area is 141 Å². The lowest BCUT2D eigenvalue weighted by Gasteiger charge is -2.28. The third-order valence-electron chi connectivity index (χ3n) is 3.75. The van der Waals surface area contributed by atoms with Crippen LogP contribution >= 0.6 is 11.6 Å². The quantitative estimate of drug-likeness (QED) is 0.847. The number of hydrogen-bond acceptors (Lipinski definition) is 4. The number of carbonyl (C=O) groups excluding carboxylic acids is 2. The molecule has 1 amide bonds. The molecule has 1 aliphatic rings. The first-order valence-corrected chi connectivity index (χ1v) is 7.99. The van der Waals surface area contributed by atoms with Crippen LogP contribution in [0.25, 0.3) is 0 Å². The van der Waals surface area contributed by atoms with Gasteiger partial charge in [-0.2, -0.15) is 0 Å². The van der Waals surface area contributed by atoms with E-state index in [1.807, 2.05) is 18.2 Å². The highest BCUT2D eigenvalue weighted by atomic mass is 35.5. The monoisotopic (exact) mass is 338 g/mol. The average molecular weight is 339 g/mol. The van der Waals surface area contributed by atoms with E-state index in [1.54, 1.807) is 26.8 Å². The van der Waals surface area contributed by atoms with Gasteiger partial charge in [0.1, 0.15) is 5.60 Å². The lowest BCUT2D eigenvalue weighted by molar-refractivity contribution is -0.310. The summed E-state index contributed by atoms with van der Waals surface area (Å²) in [5.41, 5.74) is 0.274. The van der Waals surface area contributed by atoms with Gasteiger partial charge in [0.15, 0.2) is 0 Å². The number of rotatable bonds is 3. The molecule has 5 nitrogen and oxygen atoms in total. The van der Waals surface area contributed by atoms with E-state index in [9.17, 15) is 14.7 Å². The first kappa shape index (κ1) is 17.6. The first-order chi connectivity index (χ1) is 10.7. The summed E-state index contributed by atoms with van der Waals surface area (Å²) < 4.78 is 5.29. The van der Waals surface area contributed by atoms with E-state index in [0.717, 1.165) is 5.56 Å². The van der Waals surface area contributed by atoms with Crippen molar-refractivity contribution in [3.8, 4) is 0 Å². The van der Waals surface area contributed by atoms with Crippen LogP contribution in [0.3, 0.4) is 0 Å². The number of likely N-dealkylation sites (tertiary alicyclic amines) is 1. The molecule has 23 heavy (non-hydrogen) atoms. The van der Waals surface area contributed by atoms with E-state index in [0.29, 0.717) is 24.4 Å². The molecule has 0 saturated carbocycles. The van der Waals surface area contributed by atoms with Crippen molar-refractivity contribution in [1.29, 1.82) is 0 Å². The number of amides is 1. The van der Waals surface area contributed by atoms with E-state index >= 15 is 0 Å². The number of ether oxygens (including phenoxy) is 1. The normalized spacial score (nSPS) is 21.3. The van der Waals surface area contributed by atoms with Crippen LogP contribution < -0.4 is 5.11 Å². The molecule has 2 atom stereocenters. The number of carboxylic acids is 1. The standard InChI is InChI=1S/C17H22ClNO4/c1-17(2,3)23-16(22)19-10-11(9-14(19)15(20)21)8-12-6-4-5-7-13(12)18/h4-7,11,14H,8-10H2,1-3H3,(H,20,21)/p-1/t11-,14+/m1/s1. The topological polar surface area (TPSA) is 69.7 Å². The van der Waals surface area contributed by atoms with Crippen LogP contribution in [0.4, 0.5) is 4.79 Å². The minimum atomic E-state index is -1.25. The molecule has 1 heterocycles. The van der Waals surface area contributed by atoms with Crippen molar-refractivity contribution in [3.63, 3.8) is 0 Å². The van der Waals surface area contributed by atoms with Gasteiger partial charge in [-0.1, -0.05) is 29.8 Å². The van der Waals surface area contributed by atoms with Gasteiger partial charge in [-0.25, -0.2) is 4.79 Å². The van der Waals surface area contributed by atoms with E-state index in [-0.39, 0.29) is 5.92 Å². The summed E-state index contributed by atoms with van der Waals surface area (Å²) in [6.45, 7) is 5.56. The highest BCUT2D eigenvalue weighted by molar-refractivity contribution is 6.31. The molecular weight excluding hydrogens is 318 g/mol. The van der Waals surface area contributed by atoms with Crippen LogP contribution in [-0.4, -0.2) is 35.2 Å². The Bertz CT molecular complexity index is 597. The molecule has 0 radical (unpaired) electrons. The molecule has 0 aliphatic carbocycles. The van der Waals surface area contributed by atoms with Crippen molar-refractivity contribution in [1.82, 2.24) is 4.90 Å². The predicted octanol–water partition coefficient (Wildman–Crippen LogP) is 2.26. The molecular formula is C17H21ClNO4-. The predicted molar refractivity (Wildman–Crippen MR) is 85.0 cm³/mol. The molecule has 0 N–H and O–H groups in total. The summed E-state index contributed by atoms with van der Waals surface area (Å²) in [4.78, 5) is 24.8. The summed E-state index contributed by atoms with van der Waals surface area (Å²) in [6.07, 6.45) is 0.337.